The third kappa shape index (κ3) is 4.20. The summed E-state index contributed by atoms with van der Waals surface area (Å²) in [6, 6.07) is 20.7. The fourth-order valence-corrected chi connectivity index (χ4v) is 4.11. The van der Waals surface area contributed by atoms with Crippen molar-refractivity contribution in [3.05, 3.63) is 95.6 Å². The molecule has 2 unspecified atom stereocenters. The first-order chi connectivity index (χ1) is 16.5. The number of rotatable bonds is 7. The molecule has 34 heavy (non-hydrogen) atoms. The molecular formula is C27H23NO6. The van der Waals surface area contributed by atoms with Gasteiger partial charge in [-0.2, -0.15) is 0 Å². The van der Waals surface area contributed by atoms with Gasteiger partial charge in [0.25, 0.3) is 5.91 Å². The number of esters is 1. The number of nitrogens with zero attached hydrogens (tertiary/aromatic N) is 1. The average molecular weight is 457 g/mol. The molecule has 0 aromatic heterocycles. The van der Waals surface area contributed by atoms with Gasteiger partial charge in [0.2, 0.25) is 5.78 Å². The van der Waals surface area contributed by atoms with Crippen molar-refractivity contribution in [1.29, 1.82) is 0 Å². The third-order valence-electron chi connectivity index (χ3n) is 5.76. The largest absolute Gasteiger partial charge is 0.497 e. The molecule has 0 spiro atoms. The number of carbonyl (C=O) groups excluding carboxylic acids is 4. The zero-order valence-corrected chi connectivity index (χ0v) is 18.8. The molecule has 7 nitrogen and oxygen atoms in total. The highest BCUT2D eigenvalue weighted by atomic mass is 16.5. The number of ketones is 2. The van der Waals surface area contributed by atoms with E-state index in [1.807, 2.05) is 0 Å². The van der Waals surface area contributed by atoms with Crippen LogP contribution in [0.3, 0.4) is 0 Å². The molecule has 1 heterocycles. The summed E-state index contributed by atoms with van der Waals surface area (Å²) in [6.07, 6.45) is 0. The van der Waals surface area contributed by atoms with Gasteiger partial charge in [-0.1, -0.05) is 42.5 Å². The number of hydrogen-bond acceptors (Lipinski definition) is 6. The van der Waals surface area contributed by atoms with Crippen LogP contribution in [0.1, 0.15) is 39.2 Å². The van der Waals surface area contributed by atoms with E-state index in [4.69, 9.17) is 9.47 Å². The van der Waals surface area contributed by atoms with Gasteiger partial charge in [0.05, 0.1) is 25.3 Å². The number of methoxy groups -OCH3 is 1. The number of benzene rings is 3. The van der Waals surface area contributed by atoms with Crippen molar-refractivity contribution in [2.45, 2.75) is 13.0 Å². The van der Waals surface area contributed by atoms with Crippen molar-refractivity contribution in [1.82, 2.24) is 0 Å². The fraction of sp³-hybridized carbons (Fsp3) is 0.185. The summed E-state index contributed by atoms with van der Waals surface area (Å²) in [7, 11) is 1.54. The molecule has 7 heteroatoms. The highest BCUT2D eigenvalue weighted by Gasteiger charge is 2.52. The van der Waals surface area contributed by atoms with Crippen LogP contribution in [0, 0.1) is 5.92 Å². The number of anilines is 1. The summed E-state index contributed by atoms with van der Waals surface area (Å²) in [6.45, 7) is 1.95. The van der Waals surface area contributed by atoms with Crippen molar-refractivity contribution in [3.63, 3.8) is 0 Å². The van der Waals surface area contributed by atoms with Crippen LogP contribution in [-0.4, -0.2) is 37.2 Å². The van der Waals surface area contributed by atoms with Gasteiger partial charge in [0.15, 0.2) is 5.78 Å². The van der Waals surface area contributed by atoms with Crippen LogP contribution in [0.5, 0.6) is 5.75 Å². The fourth-order valence-electron chi connectivity index (χ4n) is 4.11. The van der Waals surface area contributed by atoms with Gasteiger partial charge < -0.3 is 9.47 Å². The first-order valence-corrected chi connectivity index (χ1v) is 10.8. The maximum Gasteiger partial charge on any atom is 0.338 e. The van der Waals surface area contributed by atoms with Crippen molar-refractivity contribution in [3.8, 4) is 5.75 Å². The standard InChI is InChI=1S/C27H23NO6/c1-3-34-27(32)19-9-13-20(14-10-19)28-23(17-11-15-21(33-2)16-12-17)22(25(30)26(28)31)24(29)18-7-5-4-6-8-18/h4-16,22-23H,3H2,1-2H3. The van der Waals surface area contributed by atoms with Crippen molar-refractivity contribution >= 4 is 29.1 Å². The van der Waals surface area contributed by atoms with Gasteiger partial charge >= 0.3 is 5.97 Å². The minimum atomic E-state index is -1.21. The maximum absolute atomic E-state index is 13.4. The molecule has 0 radical (unpaired) electrons. The Bertz CT molecular complexity index is 1220. The molecule has 0 bridgehead atoms. The Kier molecular flexibility index (Phi) is 6.54. The van der Waals surface area contributed by atoms with E-state index < -0.39 is 35.4 Å². The Morgan fingerprint density at radius 3 is 2.09 bits per heavy atom. The van der Waals surface area contributed by atoms with Crippen molar-refractivity contribution < 1.29 is 28.7 Å². The summed E-state index contributed by atoms with van der Waals surface area (Å²) >= 11 is 0. The van der Waals surface area contributed by atoms with Gasteiger partial charge in [0.1, 0.15) is 11.7 Å². The van der Waals surface area contributed by atoms with Gasteiger partial charge in [0, 0.05) is 11.3 Å². The lowest BCUT2D eigenvalue weighted by molar-refractivity contribution is -0.135. The van der Waals surface area contributed by atoms with E-state index in [0.717, 1.165) is 0 Å². The normalized spacial score (nSPS) is 17.5. The van der Waals surface area contributed by atoms with Crippen LogP contribution < -0.4 is 9.64 Å². The smallest absolute Gasteiger partial charge is 0.338 e. The zero-order valence-electron chi connectivity index (χ0n) is 18.8. The second-order valence-corrected chi connectivity index (χ2v) is 7.73. The van der Waals surface area contributed by atoms with E-state index >= 15 is 0 Å². The van der Waals surface area contributed by atoms with E-state index in [1.165, 1.54) is 24.1 Å². The third-order valence-corrected chi connectivity index (χ3v) is 5.76. The topological polar surface area (TPSA) is 90.0 Å². The average Bonchev–Trinajstić information content (AvgIpc) is 3.14. The lowest BCUT2D eigenvalue weighted by Gasteiger charge is -2.27. The van der Waals surface area contributed by atoms with Gasteiger partial charge in [-0.15, -0.1) is 0 Å². The Balaban J connectivity index is 1.79. The van der Waals surface area contributed by atoms with Crippen LogP contribution in [0.25, 0.3) is 0 Å². The summed E-state index contributed by atoms with van der Waals surface area (Å²) < 4.78 is 10.2. The summed E-state index contributed by atoms with van der Waals surface area (Å²) in [5.41, 5.74) is 1.69. The molecule has 4 rings (SSSR count). The highest BCUT2D eigenvalue weighted by molar-refractivity contribution is 6.49. The number of hydrogen-bond donors (Lipinski definition) is 0. The summed E-state index contributed by atoms with van der Waals surface area (Å²) in [5.74, 6) is -3.07. The number of ether oxygens (including phenoxy) is 2. The number of carbonyl (C=O) groups is 4. The van der Waals surface area contributed by atoms with Gasteiger partial charge in [-0.25, -0.2) is 4.79 Å². The van der Waals surface area contributed by atoms with Crippen LogP contribution in [-0.2, 0) is 14.3 Å². The quantitative estimate of drug-likeness (QED) is 0.230. The molecule has 2 atom stereocenters. The van der Waals surface area contributed by atoms with Gasteiger partial charge in [-0.3, -0.25) is 19.3 Å². The molecule has 3 aromatic rings. The first kappa shape index (κ1) is 22.9. The second-order valence-electron chi connectivity index (χ2n) is 7.73. The van der Waals surface area contributed by atoms with Crippen LogP contribution >= 0.6 is 0 Å². The minimum absolute atomic E-state index is 0.239. The summed E-state index contributed by atoms with van der Waals surface area (Å²) in [4.78, 5) is 53.1. The maximum atomic E-state index is 13.4. The number of Topliss-reactive ketones (excluding diaryl/α,β-unsaturated/α-hetero) is 2. The Morgan fingerprint density at radius 1 is 0.853 bits per heavy atom. The second kappa shape index (κ2) is 9.70. The van der Waals surface area contributed by atoms with E-state index in [0.29, 0.717) is 28.1 Å². The highest BCUT2D eigenvalue weighted by Crippen LogP contribution is 2.41. The van der Waals surface area contributed by atoms with E-state index in [2.05, 4.69) is 0 Å². The molecule has 1 fully saturated rings. The van der Waals surface area contributed by atoms with Crippen LogP contribution in [0.15, 0.2) is 78.9 Å². The van der Waals surface area contributed by atoms with E-state index in [9.17, 15) is 19.2 Å². The van der Waals surface area contributed by atoms with E-state index in [1.54, 1.807) is 73.7 Å². The van der Waals surface area contributed by atoms with Crippen molar-refractivity contribution in [2.24, 2.45) is 5.92 Å². The molecule has 1 amide bonds. The monoisotopic (exact) mass is 457 g/mol. The molecule has 1 aliphatic heterocycles. The number of amides is 1. The molecule has 172 valence electrons. The molecule has 1 saturated heterocycles. The zero-order chi connectivity index (χ0) is 24.2. The first-order valence-electron chi connectivity index (χ1n) is 10.8. The van der Waals surface area contributed by atoms with E-state index in [-0.39, 0.29) is 6.61 Å². The molecule has 1 aliphatic rings. The SMILES string of the molecule is CCOC(=O)c1ccc(N2C(=O)C(=O)C(C(=O)c3ccccc3)C2c2ccc(OC)cc2)cc1. The predicted molar refractivity (Wildman–Crippen MR) is 125 cm³/mol. The van der Waals surface area contributed by atoms with Crippen LogP contribution in [0.4, 0.5) is 5.69 Å². The Hall–Kier alpha value is -4.26. The Morgan fingerprint density at radius 2 is 1.50 bits per heavy atom. The van der Waals surface area contributed by atoms with Crippen molar-refractivity contribution in [2.75, 3.05) is 18.6 Å². The lowest BCUT2D eigenvalue weighted by atomic mass is 9.86. The van der Waals surface area contributed by atoms with Gasteiger partial charge in [-0.05, 0) is 48.9 Å². The minimum Gasteiger partial charge on any atom is -0.497 e. The molecule has 3 aromatic carbocycles. The molecule has 0 saturated carbocycles. The van der Waals surface area contributed by atoms with Crippen LogP contribution in [0.2, 0.25) is 0 Å². The molecule has 0 N–H and O–H groups in total. The predicted octanol–water partition coefficient (Wildman–Crippen LogP) is 4.03. The molecular weight excluding hydrogens is 434 g/mol. The lowest BCUT2D eigenvalue weighted by Crippen LogP contribution is -2.30. The molecule has 0 aliphatic carbocycles. The Labute approximate surface area is 196 Å². The summed E-state index contributed by atoms with van der Waals surface area (Å²) in [5, 5.41) is 0.